The van der Waals surface area contributed by atoms with E-state index < -0.39 is 0 Å². The number of carbonyl (C=O) groups excluding carboxylic acids is 1. The third-order valence-electron chi connectivity index (χ3n) is 2.91. The summed E-state index contributed by atoms with van der Waals surface area (Å²) in [6, 6.07) is 7.25. The fourth-order valence-electron chi connectivity index (χ4n) is 1.80. The Labute approximate surface area is 118 Å². The van der Waals surface area contributed by atoms with Gasteiger partial charge in [-0.15, -0.1) is 5.06 Å². The Morgan fingerprint density at radius 2 is 1.85 bits per heavy atom. The standard InChI is InChI=1S/C15H17N3O2/c1-3-18(4-2)20-15(19)13-7-5-6-12(8-13)14-9-16-11-17-10-14/h5-11H,3-4H2,1-2H3. The second kappa shape index (κ2) is 6.77. The molecule has 0 bridgehead atoms. The van der Waals surface area contributed by atoms with Gasteiger partial charge in [0.15, 0.2) is 0 Å². The summed E-state index contributed by atoms with van der Waals surface area (Å²) in [6.45, 7) is 5.20. The summed E-state index contributed by atoms with van der Waals surface area (Å²) in [5, 5.41) is 1.61. The average molecular weight is 271 g/mol. The number of benzene rings is 1. The van der Waals surface area contributed by atoms with E-state index in [9.17, 15) is 4.79 Å². The molecule has 0 aliphatic carbocycles. The monoisotopic (exact) mass is 271 g/mol. The molecule has 0 spiro atoms. The first-order chi connectivity index (χ1) is 9.74. The van der Waals surface area contributed by atoms with Gasteiger partial charge in [0.1, 0.15) is 6.33 Å². The molecule has 5 nitrogen and oxygen atoms in total. The lowest BCUT2D eigenvalue weighted by molar-refractivity contribution is -0.103. The predicted molar refractivity (Wildman–Crippen MR) is 75.8 cm³/mol. The van der Waals surface area contributed by atoms with Crippen molar-refractivity contribution in [2.24, 2.45) is 0 Å². The Bertz CT molecular complexity index is 568. The molecule has 0 fully saturated rings. The van der Waals surface area contributed by atoms with E-state index in [1.54, 1.807) is 29.6 Å². The second-order valence-electron chi connectivity index (χ2n) is 4.20. The highest BCUT2D eigenvalue weighted by Gasteiger charge is 2.12. The van der Waals surface area contributed by atoms with E-state index in [1.807, 2.05) is 26.0 Å². The minimum Gasteiger partial charge on any atom is -0.364 e. The number of nitrogens with zero attached hydrogens (tertiary/aromatic N) is 3. The molecule has 0 aliphatic rings. The van der Waals surface area contributed by atoms with Crippen LogP contribution < -0.4 is 0 Å². The lowest BCUT2D eigenvalue weighted by Gasteiger charge is -2.17. The van der Waals surface area contributed by atoms with E-state index in [-0.39, 0.29) is 5.97 Å². The highest BCUT2D eigenvalue weighted by molar-refractivity contribution is 5.90. The number of rotatable bonds is 5. The van der Waals surface area contributed by atoms with Crippen molar-refractivity contribution in [3.8, 4) is 11.1 Å². The molecule has 0 aliphatic heterocycles. The average Bonchev–Trinajstić information content (AvgIpc) is 2.53. The lowest BCUT2D eigenvalue weighted by Crippen LogP contribution is -2.26. The minimum absolute atomic E-state index is 0.354. The maximum absolute atomic E-state index is 12.1. The molecule has 1 aromatic carbocycles. The van der Waals surface area contributed by atoms with Crippen molar-refractivity contribution >= 4 is 5.97 Å². The molecule has 0 radical (unpaired) electrons. The molecule has 0 amide bonds. The van der Waals surface area contributed by atoms with Crippen LogP contribution in [0.25, 0.3) is 11.1 Å². The Balaban J connectivity index is 2.20. The van der Waals surface area contributed by atoms with Gasteiger partial charge in [0.05, 0.1) is 5.56 Å². The Morgan fingerprint density at radius 3 is 2.50 bits per heavy atom. The van der Waals surface area contributed by atoms with Gasteiger partial charge in [0.25, 0.3) is 0 Å². The van der Waals surface area contributed by atoms with Gasteiger partial charge in [-0.1, -0.05) is 12.1 Å². The van der Waals surface area contributed by atoms with Crippen LogP contribution in [0.15, 0.2) is 43.0 Å². The normalized spacial score (nSPS) is 10.6. The van der Waals surface area contributed by atoms with Gasteiger partial charge < -0.3 is 4.84 Å². The molecule has 104 valence electrons. The van der Waals surface area contributed by atoms with Crippen molar-refractivity contribution in [1.82, 2.24) is 15.0 Å². The lowest BCUT2D eigenvalue weighted by atomic mass is 10.1. The van der Waals surface area contributed by atoms with Crippen LogP contribution in [0.2, 0.25) is 0 Å². The van der Waals surface area contributed by atoms with Crippen LogP contribution in [-0.4, -0.2) is 34.1 Å². The van der Waals surface area contributed by atoms with E-state index in [4.69, 9.17) is 4.84 Å². The summed E-state index contributed by atoms with van der Waals surface area (Å²) in [5.74, 6) is -0.354. The van der Waals surface area contributed by atoms with Gasteiger partial charge in [-0.05, 0) is 31.5 Å². The highest BCUT2D eigenvalue weighted by Crippen LogP contribution is 2.19. The summed E-state index contributed by atoms with van der Waals surface area (Å²) in [7, 11) is 0. The van der Waals surface area contributed by atoms with E-state index >= 15 is 0 Å². The van der Waals surface area contributed by atoms with Crippen LogP contribution >= 0.6 is 0 Å². The van der Waals surface area contributed by atoms with Crippen molar-refractivity contribution in [2.75, 3.05) is 13.1 Å². The molecule has 5 heteroatoms. The first-order valence-electron chi connectivity index (χ1n) is 6.57. The van der Waals surface area contributed by atoms with Gasteiger partial charge in [-0.3, -0.25) is 0 Å². The van der Waals surface area contributed by atoms with E-state index in [1.165, 1.54) is 6.33 Å². The molecule has 2 rings (SSSR count). The van der Waals surface area contributed by atoms with Gasteiger partial charge in [0, 0.05) is 31.0 Å². The van der Waals surface area contributed by atoms with Crippen LogP contribution in [0.3, 0.4) is 0 Å². The van der Waals surface area contributed by atoms with Crippen molar-refractivity contribution in [3.63, 3.8) is 0 Å². The first kappa shape index (κ1) is 14.1. The van der Waals surface area contributed by atoms with E-state index in [2.05, 4.69) is 9.97 Å². The number of hydrogen-bond acceptors (Lipinski definition) is 5. The molecule has 0 saturated heterocycles. The Kier molecular flexibility index (Phi) is 4.79. The third kappa shape index (κ3) is 3.39. The SMILES string of the molecule is CCN(CC)OC(=O)c1cccc(-c2cncnc2)c1. The molecule has 1 heterocycles. The molecule has 0 atom stereocenters. The highest BCUT2D eigenvalue weighted by atomic mass is 16.7. The van der Waals surface area contributed by atoms with Crippen molar-refractivity contribution < 1.29 is 9.63 Å². The van der Waals surface area contributed by atoms with Crippen molar-refractivity contribution in [1.29, 1.82) is 0 Å². The molecule has 1 aromatic heterocycles. The maximum Gasteiger partial charge on any atom is 0.357 e. The summed E-state index contributed by atoms with van der Waals surface area (Å²) in [4.78, 5) is 25.3. The number of hydroxylamine groups is 2. The fourth-order valence-corrected chi connectivity index (χ4v) is 1.80. The maximum atomic E-state index is 12.1. The Hall–Kier alpha value is -2.27. The molecule has 0 unspecified atom stereocenters. The largest absolute Gasteiger partial charge is 0.364 e. The van der Waals surface area contributed by atoms with Crippen LogP contribution in [0.5, 0.6) is 0 Å². The molecule has 0 N–H and O–H groups in total. The van der Waals surface area contributed by atoms with Crippen molar-refractivity contribution in [3.05, 3.63) is 48.5 Å². The fraction of sp³-hybridized carbons (Fsp3) is 0.267. The van der Waals surface area contributed by atoms with Crippen LogP contribution in [0, 0.1) is 0 Å². The number of aromatic nitrogens is 2. The summed E-state index contributed by atoms with van der Waals surface area (Å²) in [6.07, 6.45) is 4.89. The summed E-state index contributed by atoms with van der Waals surface area (Å²) < 4.78 is 0. The van der Waals surface area contributed by atoms with E-state index in [0.29, 0.717) is 18.7 Å². The number of hydrogen-bond donors (Lipinski definition) is 0. The van der Waals surface area contributed by atoms with Gasteiger partial charge >= 0.3 is 5.97 Å². The first-order valence-corrected chi connectivity index (χ1v) is 6.57. The van der Waals surface area contributed by atoms with Crippen LogP contribution in [-0.2, 0) is 4.84 Å². The zero-order valence-electron chi connectivity index (χ0n) is 11.6. The van der Waals surface area contributed by atoms with Crippen LogP contribution in [0.1, 0.15) is 24.2 Å². The third-order valence-corrected chi connectivity index (χ3v) is 2.91. The number of carbonyl (C=O) groups is 1. The van der Waals surface area contributed by atoms with Crippen molar-refractivity contribution in [2.45, 2.75) is 13.8 Å². The zero-order valence-corrected chi connectivity index (χ0v) is 11.6. The molecule has 20 heavy (non-hydrogen) atoms. The molecule has 2 aromatic rings. The molecular formula is C15H17N3O2. The van der Waals surface area contributed by atoms with E-state index in [0.717, 1.165) is 11.1 Å². The van der Waals surface area contributed by atoms with Gasteiger partial charge in [0.2, 0.25) is 0 Å². The molecular weight excluding hydrogens is 254 g/mol. The second-order valence-corrected chi connectivity index (χ2v) is 4.20. The zero-order chi connectivity index (χ0) is 14.4. The predicted octanol–water partition coefficient (Wildman–Crippen LogP) is 2.56. The smallest absolute Gasteiger partial charge is 0.357 e. The summed E-state index contributed by atoms with van der Waals surface area (Å²) in [5.41, 5.74) is 2.27. The van der Waals surface area contributed by atoms with Crippen LogP contribution in [0.4, 0.5) is 0 Å². The summed E-state index contributed by atoms with van der Waals surface area (Å²) >= 11 is 0. The minimum atomic E-state index is -0.354. The van der Waals surface area contributed by atoms with Gasteiger partial charge in [-0.25, -0.2) is 14.8 Å². The molecule has 0 saturated carbocycles. The quantitative estimate of drug-likeness (QED) is 0.782. The Morgan fingerprint density at radius 1 is 1.15 bits per heavy atom. The topological polar surface area (TPSA) is 55.3 Å². The van der Waals surface area contributed by atoms with Gasteiger partial charge in [-0.2, -0.15) is 0 Å².